The van der Waals surface area contributed by atoms with Crippen LogP contribution in [0.5, 0.6) is 0 Å². The number of ether oxygens (including phenoxy) is 1. The quantitative estimate of drug-likeness (QED) is 0.279. The molecule has 0 rings (SSSR count). The summed E-state index contributed by atoms with van der Waals surface area (Å²) in [6.45, 7) is 11.6. The van der Waals surface area contributed by atoms with E-state index in [4.69, 9.17) is 18.0 Å². The molecule has 0 spiro atoms. The Balaban J connectivity index is 5.30. The molecule has 0 saturated carbocycles. The van der Waals surface area contributed by atoms with Crippen LogP contribution >= 0.6 is 0 Å². The Morgan fingerprint density at radius 1 is 0.923 bits per heavy atom. The highest BCUT2D eigenvalue weighted by molar-refractivity contribution is 6.62. The highest BCUT2D eigenvalue weighted by Gasteiger charge is 2.50. The highest BCUT2D eigenvalue weighted by atomic mass is 28.4. The van der Waals surface area contributed by atoms with Gasteiger partial charge in [-0.1, -0.05) is 27.7 Å². The molecule has 0 heterocycles. The van der Waals surface area contributed by atoms with Crippen molar-refractivity contribution in [2.24, 2.45) is 0 Å². The number of rotatable bonds is 14. The first-order valence-electron chi connectivity index (χ1n) is 9.86. The lowest BCUT2D eigenvalue weighted by Gasteiger charge is -2.36. The van der Waals surface area contributed by atoms with Gasteiger partial charge < -0.3 is 23.3 Å². The second-order valence-corrected chi connectivity index (χ2v) is 10.1. The van der Waals surface area contributed by atoms with Crippen molar-refractivity contribution in [2.75, 3.05) is 41.0 Å². The maximum atomic E-state index is 12.4. The van der Waals surface area contributed by atoms with Gasteiger partial charge in [-0.15, -0.1) is 0 Å². The van der Waals surface area contributed by atoms with E-state index in [1.165, 1.54) is 0 Å². The monoisotopic (exact) mass is 393 g/mol. The number of hydrogen-bond acceptors (Lipinski definition) is 5. The first-order chi connectivity index (χ1) is 12.2. The minimum atomic E-state index is -3.06. The van der Waals surface area contributed by atoms with Crippen LogP contribution in [0, 0.1) is 0 Å². The normalized spacial score (nSPS) is 14.8. The van der Waals surface area contributed by atoms with Gasteiger partial charge in [0.15, 0.2) is 0 Å². The zero-order chi connectivity index (χ0) is 20.2. The average Bonchev–Trinajstić information content (AvgIpc) is 2.58. The van der Waals surface area contributed by atoms with E-state index in [2.05, 4.69) is 5.32 Å². The summed E-state index contributed by atoms with van der Waals surface area (Å²) in [6.07, 6.45) is 2.50. The van der Waals surface area contributed by atoms with Crippen molar-refractivity contribution in [3.63, 3.8) is 0 Å². The van der Waals surface area contributed by atoms with Crippen LogP contribution in [0.1, 0.15) is 60.3 Å². The lowest BCUT2D eigenvalue weighted by molar-refractivity contribution is -0.914. The molecule has 7 nitrogen and oxygen atoms in total. The van der Waals surface area contributed by atoms with Crippen molar-refractivity contribution in [3.05, 3.63) is 0 Å². The molecular weight excluding hydrogens is 352 g/mol. The van der Waals surface area contributed by atoms with Gasteiger partial charge in [-0.2, -0.15) is 0 Å². The Kier molecular flexibility index (Phi) is 12.3. The fourth-order valence-corrected chi connectivity index (χ4v) is 5.20. The van der Waals surface area contributed by atoms with Crippen LogP contribution in [-0.4, -0.2) is 72.2 Å². The van der Waals surface area contributed by atoms with Crippen LogP contribution in [0.2, 0.25) is 0 Å². The van der Waals surface area contributed by atoms with E-state index in [1.54, 1.807) is 0 Å². The summed E-state index contributed by atoms with van der Waals surface area (Å²) >= 11 is 0. The molecule has 0 fully saturated rings. The predicted molar refractivity (Wildman–Crippen MR) is 106 cm³/mol. The molecule has 156 valence electrons. The minimum Gasteiger partial charge on any atom is -0.397 e. The first-order valence-corrected chi connectivity index (χ1v) is 11.7. The maximum absolute atomic E-state index is 12.4. The van der Waals surface area contributed by atoms with E-state index in [9.17, 15) is 4.79 Å². The third-order valence-corrected chi connectivity index (χ3v) is 7.24. The molecule has 1 amide bonds. The lowest BCUT2D eigenvalue weighted by atomic mass is 10.5. The van der Waals surface area contributed by atoms with Gasteiger partial charge in [0.05, 0.1) is 21.1 Å². The molecule has 0 aromatic heterocycles. The van der Waals surface area contributed by atoms with Crippen LogP contribution in [0.25, 0.3) is 0 Å². The van der Waals surface area contributed by atoms with Gasteiger partial charge in [0.1, 0.15) is 5.67 Å². The van der Waals surface area contributed by atoms with Crippen molar-refractivity contribution in [2.45, 2.75) is 72.2 Å². The number of carbonyl (C=O) groups excluding carboxylic acids is 1. The van der Waals surface area contributed by atoms with Gasteiger partial charge in [0, 0.05) is 26.7 Å². The standard InChI is InChI=1S/C18H40N2O5Si/c1-9-13-22-26(23-14-10-2,24-15-11-3)17(12-4)19-18(21)25-16(5)20(6,7)8/h16-17H,9-15H2,1-8H3/p+1. The van der Waals surface area contributed by atoms with Gasteiger partial charge in [-0.25, -0.2) is 4.79 Å². The summed E-state index contributed by atoms with van der Waals surface area (Å²) in [7, 11) is 2.87. The zero-order valence-electron chi connectivity index (χ0n) is 18.1. The van der Waals surface area contributed by atoms with Gasteiger partial charge in [-0.3, -0.25) is 4.48 Å². The number of carbonyl (C=O) groups is 1. The Labute approximate surface area is 161 Å². The third kappa shape index (κ3) is 8.81. The fraction of sp³-hybridized carbons (Fsp3) is 0.944. The average molecular weight is 394 g/mol. The maximum Gasteiger partial charge on any atom is 0.524 e. The molecule has 0 aliphatic rings. The number of nitrogens with zero attached hydrogens (tertiary/aromatic N) is 1. The molecule has 1 N–H and O–H groups in total. The predicted octanol–water partition coefficient (Wildman–Crippen LogP) is 3.30. The third-order valence-electron chi connectivity index (χ3n) is 4.02. The van der Waals surface area contributed by atoms with Gasteiger partial charge >= 0.3 is 14.9 Å². The van der Waals surface area contributed by atoms with E-state index in [0.717, 1.165) is 19.3 Å². The van der Waals surface area contributed by atoms with Crippen LogP contribution in [0.15, 0.2) is 0 Å². The zero-order valence-corrected chi connectivity index (χ0v) is 19.1. The van der Waals surface area contributed by atoms with Crippen LogP contribution < -0.4 is 5.32 Å². The minimum absolute atomic E-state index is 0.270. The van der Waals surface area contributed by atoms with Gasteiger partial charge in [0.2, 0.25) is 6.23 Å². The largest absolute Gasteiger partial charge is 0.524 e. The van der Waals surface area contributed by atoms with Gasteiger partial charge in [0.25, 0.3) is 0 Å². The molecule has 0 saturated heterocycles. The van der Waals surface area contributed by atoms with Crippen molar-refractivity contribution < 1.29 is 27.3 Å². The van der Waals surface area contributed by atoms with E-state index < -0.39 is 14.9 Å². The number of alkyl carbamates (subject to hydrolysis) is 1. The second kappa shape index (κ2) is 12.7. The molecule has 8 heteroatoms. The summed E-state index contributed by atoms with van der Waals surface area (Å²) in [5.41, 5.74) is -0.334. The van der Waals surface area contributed by atoms with Crippen molar-refractivity contribution in [3.8, 4) is 0 Å². The van der Waals surface area contributed by atoms with Crippen LogP contribution in [0.3, 0.4) is 0 Å². The van der Waals surface area contributed by atoms with Crippen LogP contribution in [-0.2, 0) is 18.0 Å². The summed E-state index contributed by atoms with van der Waals surface area (Å²) in [5.74, 6) is 0. The van der Waals surface area contributed by atoms with E-state index >= 15 is 0 Å². The number of quaternary nitrogens is 1. The Hall–Kier alpha value is -0.673. The first kappa shape index (κ1) is 25.3. The molecule has 0 radical (unpaired) electrons. The highest BCUT2D eigenvalue weighted by Crippen LogP contribution is 2.20. The van der Waals surface area contributed by atoms with Crippen molar-refractivity contribution >= 4 is 14.9 Å². The number of amides is 1. The lowest BCUT2D eigenvalue weighted by Crippen LogP contribution is -2.63. The summed E-state index contributed by atoms with van der Waals surface area (Å²) in [4.78, 5) is 12.4. The number of nitrogens with one attached hydrogen (secondary N) is 1. The van der Waals surface area contributed by atoms with E-state index in [1.807, 2.05) is 55.8 Å². The topological polar surface area (TPSA) is 66.0 Å². The Bertz CT molecular complexity index is 368. The Morgan fingerprint density at radius 3 is 1.65 bits per heavy atom. The van der Waals surface area contributed by atoms with Crippen molar-refractivity contribution in [1.29, 1.82) is 0 Å². The summed E-state index contributed by atoms with van der Waals surface area (Å²) in [5, 5.41) is 2.95. The number of hydrogen-bond donors (Lipinski definition) is 1. The SMILES string of the molecule is CCCO[Si](OCCC)(OCCC)C(CC)NC(=O)OC(C)[N+](C)(C)C. The van der Waals surface area contributed by atoms with Gasteiger partial charge in [-0.05, 0) is 25.7 Å². The van der Waals surface area contributed by atoms with E-state index in [0.29, 0.717) is 30.7 Å². The van der Waals surface area contributed by atoms with Crippen LogP contribution in [0.4, 0.5) is 4.79 Å². The molecule has 0 aliphatic carbocycles. The molecule has 0 aromatic rings. The van der Waals surface area contributed by atoms with E-state index in [-0.39, 0.29) is 11.9 Å². The molecular formula is C18H41N2O5Si+. The molecule has 0 aromatic carbocycles. The van der Waals surface area contributed by atoms with Crippen molar-refractivity contribution in [1.82, 2.24) is 5.32 Å². The fourth-order valence-electron chi connectivity index (χ4n) is 2.09. The molecule has 2 atom stereocenters. The molecule has 0 aliphatic heterocycles. The summed E-state index contributed by atoms with van der Waals surface area (Å²) < 4.78 is 24.4. The Morgan fingerprint density at radius 2 is 1.35 bits per heavy atom. The summed E-state index contributed by atoms with van der Waals surface area (Å²) in [6, 6.07) is 0. The molecule has 0 bridgehead atoms. The molecule has 26 heavy (non-hydrogen) atoms. The smallest absolute Gasteiger partial charge is 0.397 e. The molecule has 2 unspecified atom stereocenters. The second-order valence-electron chi connectivity index (χ2n) is 7.37.